The van der Waals surface area contributed by atoms with Gasteiger partial charge in [-0.3, -0.25) is 0 Å². The van der Waals surface area contributed by atoms with Crippen molar-refractivity contribution in [1.82, 2.24) is 9.78 Å². The number of rotatable bonds is 5. The first-order chi connectivity index (χ1) is 14.0. The molecule has 1 unspecified atom stereocenters. The molecule has 0 fully saturated rings. The van der Waals surface area contributed by atoms with E-state index < -0.39 is 6.09 Å². The van der Waals surface area contributed by atoms with Crippen LogP contribution >= 0.6 is 15.9 Å². The lowest BCUT2D eigenvalue weighted by Crippen LogP contribution is -2.11. The molecule has 1 aromatic heterocycles. The van der Waals surface area contributed by atoms with Crippen molar-refractivity contribution < 1.29 is 19.4 Å². The Bertz CT molecular complexity index is 1110. The molecule has 8 heteroatoms. The summed E-state index contributed by atoms with van der Waals surface area (Å²) < 4.78 is 12.9. The van der Waals surface area contributed by atoms with E-state index in [4.69, 9.17) is 9.47 Å². The Balaban J connectivity index is 1.93. The van der Waals surface area contributed by atoms with Crippen LogP contribution < -0.4 is 14.8 Å². The summed E-state index contributed by atoms with van der Waals surface area (Å²) >= 11 is 3.46. The third-order valence-electron chi connectivity index (χ3n) is 5.13. The number of hydrogen-bond donors (Lipinski definition) is 2. The van der Waals surface area contributed by atoms with Crippen LogP contribution in [-0.2, 0) is 0 Å². The highest BCUT2D eigenvalue weighted by atomic mass is 79.9. The highest BCUT2D eigenvalue weighted by Crippen LogP contribution is 2.52. The summed E-state index contributed by atoms with van der Waals surface area (Å²) in [7, 11) is 3.15. The Morgan fingerprint density at radius 1 is 1.24 bits per heavy atom. The van der Waals surface area contributed by atoms with Gasteiger partial charge < -0.3 is 19.9 Å². The SMILES string of the molecule is CCC1c2cc(OC)c(OC)cc2-c2c1c(Nc1cccc(Br)c1)nn2C(=O)O. The number of ether oxygens (including phenoxy) is 2. The smallest absolute Gasteiger partial charge is 0.432 e. The maximum Gasteiger partial charge on any atom is 0.432 e. The molecule has 1 atom stereocenters. The van der Waals surface area contributed by atoms with Crippen molar-refractivity contribution in [3.05, 3.63) is 52.0 Å². The number of anilines is 2. The van der Waals surface area contributed by atoms with Crippen LogP contribution in [0.2, 0.25) is 0 Å². The third-order valence-corrected chi connectivity index (χ3v) is 5.63. The van der Waals surface area contributed by atoms with Crippen LogP contribution in [0.4, 0.5) is 16.3 Å². The predicted molar refractivity (Wildman–Crippen MR) is 114 cm³/mol. The number of fused-ring (bicyclic) bond motifs is 3. The van der Waals surface area contributed by atoms with E-state index in [1.54, 1.807) is 14.2 Å². The fourth-order valence-corrected chi connectivity index (χ4v) is 4.32. The van der Waals surface area contributed by atoms with E-state index in [0.29, 0.717) is 23.0 Å². The van der Waals surface area contributed by atoms with Crippen LogP contribution in [0.15, 0.2) is 40.9 Å². The monoisotopic (exact) mass is 457 g/mol. The second kappa shape index (κ2) is 7.44. The standard InChI is InChI=1S/C21H20BrN3O4/c1-4-13-14-9-16(28-2)17(29-3)10-15(14)19-18(13)20(24-25(19)21(26)27)23-12-7-5-6-11(22)8-12/h5-10,13H,4H2,1-3H3,(H,23,24)(H,26,27). The molecule has 0 radical (unpaired) electrons. The number of carboxylic acid groups (broad SMARTS) is 1. The van der Waals surface area contributed by atoms with Gasteiger partial charge in [0.15, 0.2) is 17.3 Å². The van der Waals surface area contributed by atoms with E-state index >= 15 is 0 Å². The lowest BCUT2D eigenvalue weighted by molar-refractivity contribution is 0.193. The predicted octanol–water partition coefficient (Wildman–Crippen LogP) is 5.45. The molecule has 0 saturated carbocycles. The molecule has 1 heterocycles. The van der Waals surface area contributed by atoms with Crippen molar-refractivity contribution in [3.8, 4) is 22.8 Å². The van der Waals surface area contributed by atoms with E-state index in [9.17, 15) is 9.90 Å². The molecule has 150 valence electrons. The van der Waals surface area contributed by atoms with Gasteiger partial charge in [-0.05, 0) is 42.3 Å². The maximum absolute atomic E-state index is 12.0. The first kappa shape index (κ1) is 19.3. The van der Waals surface area contributed by atoms with Crippen molar-refractivity contribution >= 4 is 33.5 Å². The molecule has 1 aliphatic rings. The van der Waals surface area contributed by atoms with E-state index in [0.717, 1.165) is 38.0 Å². The Hall–Kier alpha value is -3.00. The van der Waals surface area contributed by atoms with Gasteiger partial charge >= 0.3 is 6.09 Å². The van der Waals surface area contributed by atoms with Gasteiger partial charge in [-0.25, -0.2) is 4.79 Å². The molecule has 0 spiro atoms. The molecule has 0 bridgehead atoms. The van der Waals surface area contributed by atoms with Crippen LogP contribution in [0.3, 0.4) is 0 Å². The van der Waals surface area contributed by atoms with Crippen LogP contribution in [0, 0.1) is 0 Å². The average Bonchev–Trinajstić information content (AvgIpc) is 3.22. The number of halogens is 1. The van der Waals surface area contributed by atoms with E-state index in [-0.39, 0.29) is 5.92 Å². The van der Waals surface area contributed by atoms with Gasteiger partial charge in [0.2, 0.25) is 0 Å². The van der Waals surface area contributed by atoms with Gasteiger partial charge in [-0.15, -0.1) is 5.10 Å². The molecule has 2 N–H and O–H groups in total. The number of benzene rings is 2. The summed E-state index contributed by atoms with van der Waals surface area (Å²) in [6.07, 6.45) is -0.352. The zero-order valence-electron chi connectivity index (χ0n) is 16.2. The lowest BCUT2D eigenvalue weighted by atomic mass is 9.94. The second-order valence-corrected chi connectivity index (χ2v) is 7.61. The Labute approximate surface area is 176 Å². The number of nitrogens with zero attached hydrogens (tertiary/aromatic N) is 2. The number of aromatic nitrogens is 2. The zero-order chi connectivity index (χ0) is 20.7. The van der Waals surface area contributed by atoms with Crippen molar-refractivity contribution in [2.24, 2.45) is 0 Å². The van der Waals surface area contributed by atoms with E-state index in [1.165, 1.54) is 0 Å². The summed E-state index contributed by atoms with van der Waals surface area (Å²) in [5.74, 6) is 1.68. The maximum atomic E-state index is 12.0. The van der Waals surface area contributed by atoms with Crippen LogP contribution in [-0.4, -0.2) is 35.2 Å². The molecule has 1 aliphatic carbocycles. The van der Waals surface area contributed by atoms with Gasteiger partial charge in [0.25, 0.3) is 0 Å². The second-order valence-electron chi connectivity index (χ2n) is 6.70. The Kier molecular flexibility index (Phi) is 4.96. The van der Waals surface area contributed by atoms with Crippen molar-refractivity contribution in [1.29, 1.82) is 0 Å². The van der Waals surface area contributed by atoms with Gasteiger partial charge in [0, 0.05) is 27.2 Å². The van der Waals surface area contributed by atoms with Gasteiger partial charge in [0.1, 0.15) is 0 Å². The molecule has 0 saturated heterocycles. The van der Waals surface area contributed by atoms with E-state index in [2.05, 4.69) is 33.3 Å². The Morgan fingerprint density at radius 3 is 2.59 bits per heavy atom. The summed E-state index contributed by atoms with van der Waals surface area (Å²) in [6.45, 7) is 2.07. The minimum Gasteiger partial charge on any atom is -0.493 e. The fourth-order valence-electron chi connectivity index (χ4n) is 3.92. The van der Waals surface area contributed by atoms with Gasteiger partial charge in [-0.1, -0.05) is 28.9 Å². The van der Waals surface area contributed by atoms with Crippen molar-refractivity contribution in [3.63, 3.8) is 0 Å². The minimum absolute atomic E-state index is 0.0115. The minimum atomic E-state index is -1.14. The van der Waals surface area contributed by atoms with Crippen molar-refractivity contribution in [2.45, 2.75) is 19.3 Å². The number of carbonyl (C=O) groups is 1. The normalized spacial score (nSPS) is 14.3. The summed E-state index contributed by atoms with van der Waals surface area (Å²) in [6, 6.07) is 11.4. The molecule has 4 rings (SSSR count). The zero-order valence-corrected chi connectivity index (χ0v) is 17.8. The highest BCUT2D eigenvalue weighted by molar-refractivity contribution is 9.10. The van der Waals surface area contributed by atoms with Gasteiger partial charge in [-0.2, -0.15) is 4.68 Å². The summed E-state index contributed by atoms with van der Waals surface area (Å²) in [5.41, 5.74) is 4.04. The largest absolute Gasteiger partial charge is 0.493 e. The topological polar surface area (TPSA) is 85.6 Å². The molecular formula is C21H20BrN3O4. The van der Waals surface area contributed by atoms with Crippen LogP contribution in [0.25, 0.3) is 11.3 Å². The Morgan fingerprint density at radius 2 is 1.97 bits per heavy atom. The summed E-state index contributed by atoms with van der Waals surface area (Å²) in [4.78, 5) is 12.0. The molecule has 0 aliphatic heterocycles. The lowest BCUT2D eigenvalue weighted by Gasteiger charge is -2.15. The van der Waals surface area contributed by atoms with Gasteiger partial charge in [0.05, 0.1) is 19.9 Å². The van der Waals surface area contributed by atoms with Crippen LogP contribution in [0.5, 0.6) is 11.5 Å². The summed E-state index contributed by atoms with van der Waals surface area (Å²) in [5, 5.41) is 17.5. The fraction of sp³-hybridized carbons (Fsp3) is 0.238. The van der Waals surface area contributed by atoms with Crippen LogP contribution in [0.1, 0.15) is 30.4 Å². The first-order valence-corrected chi connectivity index (χ1v) is 9.92. The molecule has 3 aromatic rings. The van der Waals surface area contributed by atoms with E-state index in [1.807, 2.05) is 36.4 Å². The highest BCUT2D eigenvalue weighted by Gasteiger charge is 2.37. The molecule has 7 nitrogen and oxygen atoms in total. The first-order valence-electron chi connectivity index (χ1n) is 9.13. The average molecular weight is 458 g/mol. The quantitative estimate of drug-likeness (QED) is 0.529. The molecule has 2 aromatic carbocycles. The molecule has 29 heavy (non-hydrogen) atoms. The number of methoxy groups -OCH3 is 2. The molecular weight excluding hydrogens is 438 g/mol. The third kappa shape index (κ3) is 3.13. The number of hydrogen-bond acceptors (Lipinski definition) is 5. The molecule has 0 amide bonds. The van der Waals surface area contributed by atoms with Crippen molar-refractivity contribution in [2.75, 3.05) is 19.5 Å². The number of nitrogens with one attached hydrogen (secondary N) is 1.